The molecule has 342 valence electrons. The van der Waals surface area contributed by atoms with Crippen molar-refractivity contribution in [3.05, 3.63) is 198 Å². The van der Waals surface area contributed by atoms with Gasteiger partial charge in [-0.05, 0) is 106 Å². The molecule has 2 atom stereocenters. The van der Waals surface area contributed by atoms with E-state index in [-0.39, 0.29) is 22.9 Å². The number of anilines is 1. The molecule has 6 aromatic carbocycles. The molecule has 1 fully saturated rings. The molecule has 0 aliphatic carbocycles. The van der Waals surface area contributed by atoms with Crippen LogP contribution in [0.3, 0.4) is 0 Å². The van der Waals surface area contributed by atoms with Gasteiger partial charge in [0, 0.05) is 19.3 Å². The smallest absolute Gasteiger partial charge is 0.334 e. The Morgan fingerprint density at radius 1 is 0.657 bits per heavy atom. The Bertz CT molecular complexity index is 2820. The molecule has 67 heavy (non-hydrogen) atoms. The third-order valence-electron chi connectivity index (χ3n) is 12.8. The predicted molar refractivity (Wildman–Crippen MR) is 269 cm³/mol. The number of para-hydroxylation sites is 1. The number of benzene rings is 6. The molecule has 0 spiro atoms. The highest BCUT2D eigenvalue weighted by Crippen LogP contribution is 2.38. The van der Waals surface area contributed by atoms with E-state index in [0.717, 1.165) is 46.7 Å². The van der Waals surface area contributed by atoms with Gasteiger partial charge in [-0.1, -0.05) is 124 Å². The zero-order valence-electron chi connectivity index (χ0n) is 38.9. The van der Waals surface area contributed by atoms with E-state index in [4.69, 9.17) is 28.4 Å². The first-order valence-electron chi connectivity index (χ1n) is 23.0. The van der Waals surface area contributed by atoms with E-state index < -0.39 is 8.32 Å². The molecular weight excluding hydrogens is 853 g/mol. The van der Waals surface area contributed by atoms with Crippen LogP contribution in [-0.2, 0) is 22.3 Å². The Balaban J connectivity index is 1.08. The van der Waals surface area contributed by atoms with Gasteiger partial charge in [0.25, 0.3) is 8.32 Å². The van der Waals surface area contributed by atoms with E-state index in [9.17, 15) is 0 Å². The van der Waals surface area contributed by atoms with Gasteiger partial charge in [-0.2, -0.15) is 0 Å². The highest BCUT2D eigenvalue weighted by atomic mass is 28.4. The lowest BCUT2D eigenvalue weighted by Gasteiger charge is -2.44. The number of hydrogen-bond acceptors (Lipinski definition) is 8. The summed E-state index contributed by atoms with van der Waals surface area (Å²) in [6, 6.07) is 56.6. The normalized spacial score (nSPS) is 15.3. The minimum Gasteiger partial charge on any atom is -0.497 e. The summed E-state index contributed by atoms with van der Waals surface area (Å²) in [5.41, 5.74) is 4.16. The molecule has 10 nitrogen and oxygen atoms in total. The van der Waals surface area contributed by atoms with Crippen LogP contribution in [0.4, 0.5) is 5.82 Å². The van der Waals surface area contributed by atoms with Crippen LogP contribution in [0.25, 0.3) is 16.7 Å². The molecular formula is C56H58N4O6Si. The third kappa shape index (κ3) is 9.53. The first-order valence-corrected chi connectivity index (χ1v) is 24.9. The molecule has 1 aliphatic rings. The van der Waals surface area contributed by atoms with Crippen LogP contribution in [0, 0.1) is 0 Å². The summed E-state index contributed by atoms with van der Waals surface area (Å²) in [4.78, 5) is 22.6. The molecule has 8 aromatic rings. The number of nitrogens with zero attached hydrogens (tertiary/aromatic N) is 4. The van der Waals surface area contributed by atoms with Gasteiger partial charge < -0.3 is 28.3 Å². The van der Waals surface area contributed by atoms with Crippen LogP contribution in [-0.4, -0.2) is 56.0 Å². The molecule has 0 saturated carbocycles. The molecule has 1 saturated heterocycles. The second-order valence-electron chi connectivity index (χ2n) is 18.1. The number of rotatable bonds is 16. The minimum atomic E-state index is -2.77. The monoisotopic (exact) mass is 910 g/mol. The van der Waals surface area contributed by atoms with E-state index in [1.807, 2.05) is 95.7 Å². The van der Waals surface area contributed by atoms with Crippen molar-refractivity contribution in [1.82, 2.24) is 14.1 Å². The number of fused-ring (bicyclic) bond motifs is 1. The van der Waals surface area contributed by atoms with Crippen LogP contribution in [0.2, 0.25) is 5.04 Å². The van der Waals surface area contributed by atoms with E-state index >= 15 is 4.79 Å². The maximum Gasteiger partial charge on any atom is 0.334 e. The molecule has 0 amide bonds. The van der Waals surface area contributed by atoms with Gasteiger partial charge in [-0.25, -0.2) is 9.78 Å². The number of pyridine rings is 1. The maximum atomic E-state index is 15.3. The number of hydrogen-bond donors (Lipinski definition) is 0. The van der Waals surface area contributed by atoms with Crippen molar-refractivity contribution in [3.8, 4) is 28.7 Å². The fourth-order valence-corrected chi connectivity index (χ4v) is 14.1. The quantitative estimate of drug-likeness (QED) is 0.0886. The molecule has 0 radical (unpaired) electrons. The molecule has 0 bridgehead atoms. The lowest BCUT2D eigenvalue weighted by Crippen LogP contribution is -2.67. The second-order valence-corrected chi connectivity index (χ2v) is 22.4. The first-order chi connectivity index (χ1) is 32.6. The van der Waals surface area contributed by atoms with Gasteiger partial charge >= 0.3 is 5.69 Å². The molecule has 2 unspecified atom stereocenters. The highest BCUT2D eigenvalue weighted by Gasteiger charge is 2.50. The third-order valence-corrected chi connectivity index (χ3v) is 17.8. The van der Waals surface area contributed by atoms with Gasteiger partial charge in [0.15, 0.2) is 5.82 Å². The SMILES string of the molecule is COc1ccc(CN(Cc2ccc(OC)cc2)c2nccc3c2n(-c2ccc(Oc4ccccc4)cc2)c(=O)n3C2CCC(CO[Si](c3ccccc3)(c3ccccc3)C(C)(C)C)OC2)cc1. The van der Waals surface area contributed by atoms with Crippen molar-refractivity contribution in [3.63, 3.8) is 0 Å². The number of ether oxygens (including phenoxy) is 4. The van der Waals surface area contributed by atoms with Crippen molar-refractivity contribution in [2.75, 3.05) is 32.3 Å². The van der Waals surface area contributed by atoms with Gasteiger partial charge in [0.05, 0.1) is 50.8 Å². The average Bonchev–Trinajstić information content (AvgIpc) is 3.67. The maximum absolute atomic E-state index is 15.3. The Labute approximate surface area is 394 Å². The van der Waals surface area contributed by atoms with Crippen molar-refractivity contribution < 1.29 is 23.4 Å². The summed E-state index contributed by atoms with van der Waals surface area (Å²) in [6.07, 6.45) is 3.14. The standard InChI is InChI=1S/C56H58N4O6Si/c1-56(2,3)67(50-17-11-7-12-18-50,51-19-13-8-14-20-51)65-40-49-34-27-44(39-64-49)59-52-35-36-57-54(53(52)60(55(59)61)43-25-32-48(33-26-43)66-47-15-9-6-10-16-47)58(37-41-21-28-45(62-4)29-22-41)38-42-23-30-46(63-5)31-24-42/h6-26,28-33,35-36,44,49H,27,34,37-40H2,1-5H3. The molecule has 11 heteroatoms. The Morgan fingerprint density at radius 3 is 1.69 bits per heavy atom. The average molecular weight is 911 g/mol. The molecule has 0 N–H and O–H groups in total. The van der Waals surface area contributed by atoms with Crippen LogP contribution >= 0.6 is 0 Å². The van der Waals surface area contributed by atoms with Gasteiger partial charge in [0.2, 0.25) is 0 Å². The van der Waals surface area contributed by atoms with Crippen LogP contribution < -0.4 is 35.2 Å². The Kier molecular flexibility index (Phi) is 13.4. The van der Waals surface area contributed by atoms with E-state index in [0.29, 0.717) is 49.1 Å². The number of imidazole rings is 1. The molecule has 2 aromatic heterocycles. The van der Waals surface area contributed by atoms with Crippen molar-refractivity contribution in [2.24, 2.45) is 0 Å². The zero-order chi connectivity index (χ0) is 46.4. The summed E-state index contributed by atoms with van der Waals surface area (Å²) >= 11 is 0. The lowest BCUT2D eigenvalue weighted by molar-refractivity contribution is -0.0354. The molecule has 9 rings (SSSR count). The number of methoxy groups -OCH3 is 2. The fourth-order valence-electron chi connectivity index (χ4n) is 9.48. The van der Waals surface area contributed by atoms with E-state index in [1.165, 1.54) is 10.4 Å². The molecule has 3 heterocycles. The minimum absolute atomic E-state index is 0.138. The van der Waals surface area contributed by atoms with Crippen LogP contribution in [0.1, 0.15) is 50.8 Å². The van der Waals surface area contributed by atoms with Crippen molar-refractivity contribution >= 4 is 35.5 Å². The summed E-state index contributed by atoms with van der Waals surface area (Å²) in [7, 11) is 0.563. The van der Waals surface area contributed by atoms with Gasteiger partial charge in [-0.15, -0.1) is 0 Å². The Morgan fingerprint density at radius 2 is 1.18 bits per heavy atom. The van der Waals surface area contributed by atoms with Crippen LogP contribution in [0.15, 0.2) is 181 Å². The van der Waals surface area contributed by atoms with Crippen LogP contribution in [0.5, 0.6) is 23.0 Å². The zero-order valence-corrected chi connectivity index (χ0v) is 39.9. The predicted octanol–water partition coefficient (Wildman–Crippen LogP) is 10.5. The first kappa shape index (κ1) is 45.2. The van der Waals surface area contributed by atoms with E-state index in [2.05, 4.69) is 111 Å². The summed E-state index contributed by atoms with van der Waals surface area (Å²) in [5, 5.41) is 2.31. The molecule has 1 aliphatic heterocycles. The summed E-state index contributed by atoms with van der Waals surface area (Å²) in [6.45, 7) is 8.73. The topological polar surface area (TPSA) is 89.2 Å². The highest BCUT2D eigenvalue weighted by molar-refractivity contribution is 6.99. The fraction of sp³-hybridized carbons (Fsp3) is 0.250. The number of aromatic nitrogens is 3. The Hall–Kier alpha value is -6.92. The van der Waals surface area contributed by atoms with Crippen molar-refractivity contribution in [2.45, 2.75) is 63.9 Å². The summed E-state index contributed by atoms with van der Waals surface area (Å²) in [5.74, 6) is 3.64. The largest absolute Gasteiger partial charge is 0.497 e. The lowest BCUT2D eigenvalue weighted by atomic mass is 10.1. The van der Waals surface area contributed by atoms with E-state index in [1.54, 1.807) is 18.8 Å². The van der Waals surface area contributed by atoms with Gasteiger partial charge in [0.1, 0.15) is 28.5 Å². The van der Waals surface area contributed by atoms with Crippen molar-refractivity contribution in [1.29, 1.82) is 0 Å². The van der Waals surface area contributed by atoms with Gasteiger partial charge in [-0.3, -0.25) is 9.13 Å². The summed E-state index contributed by atoms with van der Waals surface area (Å²) < 4.78 is 35.0. The second kappa shape index (κ2) is 19.9.